The Morgan fingerprint density at radius 3 is 2.49 bits per heavy atom. The molecule has 0 saturated heterocycles. The first-order valence-corrected chi connectivity index (χ1v) is 11.1. The van der Waals surface area contributed by atoms with Crippen LogP contribution in [0.4, 0.5) is 14.9 Å². The Hall–Kier alpha value is -4.46. The first-order valence-electron chi connectivity index (χ1n) is 11.1. The highest BCUT2D eigenvalue weighted by Crippen LogP contribution is 2.39. The van der Waals surface area contributed by atoms with Crippen LogP contribution in [0.3, 0.4) is 0 Å². The van der Waals surface area contributed by atoms with Gasteiger partial charge in [0.05, 0.1) is 24.4 Å². The molecule has 8 heteroatoms. The summed E-state index contributed by atoms with van der Waals surface area (Å²) < 4.78 is 24.5. The molecule has 176 valence electrons. The van der Waals surface area contributed by atoms with E-state index in [9.17, 15) is 9.18 Å². The molecule has 1 unspecified atom stereocenters. The minimum atomic E-state index is -0.555. The molecule has 2 heterocycles. The zero-order chi connectivity index (χ0) is 24.5. The van der Waals surface area contributed by atoms with Crippen LogP contribution in [0.15, 0.2) is 83.0 Å². The minimum absolute atomic E-state index is 0.256. The molecule has 7 nitrogen and oxygen atoms in total. The quantitative estimate of drug-likeness (QED) is 0.393. The zero-order valence-corrected chi connectivity index (χ0v) is 19.4. The van der Waals surface area contributed by atoms with Gasteiger partial charge in [0.2, 0.25) is 5.82 Å². The van der Waals surface area contributed by atoms with E-state index >= 15 is 0 Å². The summed E-state index contributed by atoms with van der Waals surface area (Å²) in [6, 6.07) is 20.2. The number of carbonyl (C=O) groups excluding carboxylic acids is 1. The van der Waals surface area contributed by atoms with Crippen molar-refractivity contribution in [2.75, 3.05) is 12.0 Å². The lowest BCUT2D eigenvalue weighted by molar-refractivity contribution is 0.244. The maximum Gasteiger partial charge on any atom is 0.326 e. The molecule has 3 aromatic carbocycles. The number of allylic oxidation sites excluding steroid dienone is 1. The third kappa shape index (κ3) is 4.26. The lowest BCUT2D eigenvalue weighted by Gasteiger charge is -2.35. The number of aromatic nitrogens is 2. The van der Waals surface area contributed by atoms with Crippen LogP contribution in [0, 0.1) is 12.7 Å². The third-order valence-electron chi connectivity index (χ3n) is 5.96. The maximum absolute atomic E-state index is 13.4. The second-order valence-corrected chi connectivity index (χ2v) is 8.26. The number of hydrogen-bond acceptors (Lipinski definition) is 5. The van der Waals surface area contributed by atoms with Crippen LogP contribution in [0.5, 0.6) is 5.75 Å². The van der Waals surface area contributed by atoms with Gasteiger partial charge in [-0.2, -0.15) is 4.98 Å². The highest BCUT2D eigenvalue weighted by molar-refractivity contribution is 6.01. The number of anilines is 1. The van der Waals surface area contributed by atoms with Crippen LogP contribution in [-0.4, -0.2) is 23.3 Å². The minimum Gasteiger partial charge on any atom is -0.497 e. The summed E-state index contributed by atoms with van der Waals surface area (Å²) in [7, 11) is 1.59. The number of aryl methyl sites for hydroxylation is 1. The second-order valence-electron chi connectivity index (χ2n) is 8.26. The average Bonchev–Trinajstić information content (AvgIpc) is 3.35. The number of nitrogens with zero attached hydrogens (tertiary/aromatic N) is 3. The van der Waals surface area contributed by atoms with Gasteiger partial charge in [-0.25, -0.2) is 9.18 Å². The molecular formula is C27H23FN4O3. The number of amides is 2. The Kier molecular flexibility index (Phi) is 5.78. The summed E-state index contributed by atoms with van der Waals surface area (Å²) in [5.41, 5.74) is 4.53. The van der Waals surface area contributed by atoms with E-state index in [2.05, 4.69) is 15.5 Å². The number of carbonyl (C=O) groups is 1. The van der Waals surface area contributed by atoms with Crippen molar-refractivity contribution in [3.63, 3.8) is 0 Å². The molecule has 1 aromatic heterocycles. The van der Waals surface area contributed by atoms with Crippen molar-refractivity contribution in [3.8, 4) is 17.1 Å². The summed E-state index contributed by atoms with van der Waals surface area (Å²) in [6.45, 7) is 3.84. The summed E-state index contributed by atoms with van der Waals surface area (Å²) >= 11 is 0. The van der Waals surface area contributed by atoms with Gasteiger partial charge in [0.1, 0.15) is 11.6 Å². The zero-order valence-electron chi connectivity index (χ0n) is 19.4. The predicted octanol–water partition coefficient (Wildman–Crippen LogP) is 5.89. The first kappa shape index (κ1) is 22.3. The fraction of sp³-hybridized carbons (Fsp3) is 0.148. The number of methoxy groups -OCH3 is 1. The molecule has 5 rings (SSSR count). The average molecular weight is 471 g/mol. The maximum atomic E-state index is 13.4. The molecule has 0 bridgehead atoms. The molecule has 0 aliphatic carbocycles. The molecular weight excluding hydrogens is 447 g/mol. The van der Waals surface area contributed by atoms with Gasteiger partial charge in [-0.3, -0.25) is 4.90 Å². The molecule has 0 saturated carbocycles. The van der Waals surface area contributed by atoms with Crippen molar-refractivity contribution < 1.29 is 18.4 Å². The lowest BCUT2D eigenvalue weighted by atomic mass is 9.94. The van der Waals surface area contributed by atoms with E-state index < -0.39 is 6.04 Å². The van der Waals surface area contributed by atoms with Crippen molar-refractivity contribution >= 4 is 17.3 Å². The number of ether oxygens (including phenoxy) is 1. The van der Waals surface area contributed by atoms with Crippen molar-refractivity contribution in [1.82, 2.24) is 15.5 Å². The smallest absolute Gasteiger partial charge is 0.326 e. The molecule has 35 heavy (non-hydrogen) atoms. The van der Waals surface area contributed by atoms with Gasteiger partial charge in [0, 0.05) is 11.3 Å². The summed E-state index contributed by atoms with van der Waals surface area (Å²) in [6.07, 6.45) is 0. The van der Waals surface area contributed by atoms with E-state index in [4.69, 9.17) is 9.26 Å². The normalized spacial score (nSPS) is 15.8. The number of halogens is 1. The fourth-order valence-electron chi connectivity index (χ4n) is 4.14. The van der Waals surface area contributed by atoms with Gasteiger partial charge >= 0.3 is 6.03 Å². The van der Waals surface area contributed by atoms with E-state index in [0.717, 1.165) is 11.1 Å². The molecule has 1 aliphatic rings. The van der Waals surface area contributed by atoms with Crippen molar-refractivity contribution in [1.29, 1.82) is 0 Å². The van der Waals surface area contributed by atoms with Crippen molar-refractivity contribution in [2.24, 2.45) is 0 Å². The number of hydrogen-bond donors (Lipinski definition) is 1. The molecule has 0 spiro atoms. The Labute approximate surface area is 201 Å². The number of urea groups is 1. The van der Waals surface area contributed by atoms with Crippen LogP contribution in [0.25, 0.3) is 17.0 Å². The number of nitrogens with one attached hydrogen (secondary N) is 1. The monoisotopic (exact) mass is 470 g/mol. The molecule has 1 aliphatic heterocycles. The van der Waals surface area contributed by atoms with Crippen LogP contribution in [0.2, 0.25) is 0 Å². The van der Waals surface area contributed by atoms with E-state index in [1.54, 1.807) is 24.1 Å². The van der Waals surface area contributed by atoms with Gasteiger partial charge in [0.15, 0.2) is 0 Å². The topological polar surface area (TPSA) is 80.5 Å². The Morgan fingerprint density at radius 2 is 1.77 bits per heavy atom. The third-order valence-corrected chi connectivity index (χ3v) is 5.96. The molecule has 2 amide bonds. The first-order chi connectivity index (χ1) is 16.9. The molecule has 4 aromatic rings. The molecule has 1 N–H and O–H groups in total. The fourth-order valence-corrected chi connectivity index (χ4v) is 4.14. The van der Waals surface area contributed by atoms with Crippen LogP contribution in [-0.2, 0) is 0 Å². The number of benzene rings is 3. The van der Waals surface area contributed by atoms with Gasteiger partial charge in [-0.15, -0.1) is 0 Å². The lowest BCUT2D eigenvalue weighted by Crippen LogP contribution is -2.46. The largest absolute Gasteiger partial charge is 0.497 e. The molecule has 0 fully saturated rings. The van der Waals surface area contributed by atoms with Crippen LogP contribution < -0.4 is 15.0 Å². The Morgan fingerprint density at radius 1 is 1.03 bits per heavy atom. The predicted molar refractivity (Wildman–Crippen MR) is 130 cm³/mol. The SMILES string of the molecule is COc1cccc(C2NC(=O)N(c3ccc(C)cc3)C(C)=C2c2nc(-c3ccc(F)cc3)no2)c1. The van der Waals surface area contributed by atoms with Gasteiger partial charge < -0.3 is 14.6 Å². The van der Waals surface area contributed by atoms with Gasteiger partial charge in [-0.05, 0) is 67.9 Å². The van der Waals surface area contributed by atoms with Crippen molar-refractivity contribution in [2.45, 2.75) is 19.9 Å². The highest BCUT2D eigenvalue weighted by Gasteiger charge is 2.36. The van der Waals surface area contributed by atoms with E-state index in [1.165, 1.54) is 12.1 Å². The Bertz CT molecular complexity index is 1410. The van der Waals surface area contributed by atoms with Crippen LogP contribution in [0.1, 0.15) is 30.0 Å². The summed E-state index contributed by atoms with van der Waals surface area (Å²) in [5.74, 6) is 0.889. The summed E-state index contributed by atoms with van der Waals surface area (Å²) in [5, 5.41) is 7.20. The van der Waals surface area contributed by atoms with E-state index in [0.29, 0.717) is 34.1 Å². The van der Waals surface area contributed by atoms with Gasteiger partial charge in [0.25, 0.3) is 5.89 Å². The van der Waals surface area contributed by atoms with E-state index in [-0.39, 0.29) is 17.7 Å². The van der Waals surface area contributed by atoms with Crippen LogP contribution >= 0.6 is 0 Å². The van der Waals surface area contributed by atoms with Gasteiger partial charge in [-0.1, -0.05) is 35.0 Å². The summed E-state index contributed by atoms with van der Waals surface area (Å²) in [4.78, 5) is 19.5. The second kappa shape index (κ2) is 9.06. The standard InChI is InChI=1S/C27H23FN4O3/c1-16-7-13-21(14-8-16)32-17(2)23(24(29-27(32)33)19-5-4-6-22(15-19)34-3)26-30-25(31-35-26)18-9-11-20(28)12-10-18/h4-15,24H,1-3H3,(H,29,33). The van der Waals surface area contributed by atoms with Crippen molar-refractivity contribution in [3.05, 3.63) is 101 Å². The molecule has 0 radical (unpaired) electrons. The highest BCUT2D eigenvalue weighted by atomic mass is 19.1. The molecule has 1 atom stereocenters. The number of rotatable bonds is 5. The van der Waals surface area contributed by atoms with E-state index in [1.807, 2.05) is 62.4 Å². The Balaban J connectivity index is 1.65.